The lowest BCUT2D eigenvalue weighted by molar-refractivity contribution is -0.162. The van der Waals surface area contributed by atoms with Gasteiger partial charge in [0.2, 0.25) is 0 Å². The Hall–Kier alpha value is -1.47. The maximum Gasteiger partial charge on any atom is 0.411 e. The number of carboxylic acids is 1. The van der Waals surface area contributed by atoms with E-state index in [2.05, 4.69) is 5.32 Å². The summed E-state index contributed by atoms with van der Waals surface area (Å²) < 4.78 is 37.7. The summed E-state index contributed by atoms with van der Waals surface area (Å²) in [5, 5.41) is 12.8. The molecule has 0 spiro atoms. The van der Waals surface area contributed by atoms with Gasteiger partial charge in [-0.15, -0.1) is 0 Å². The van der Waals surface area contributed by atoms with Crippen molar-refractivity contribution in [3.8, 4) is 0 Å². The third-order valence-electron chi connectivity index (χ3n) is 3.29. The lowest BCUT2D eigenvalue weighted by Gasteiger charge is -2.22. The van der Waals surface area contributed by atoms with Crippen LogP contribution in [0.4, 0.5) is 18.0 Å². The lowest BCUT2D eigenvalue weighted by atomic mass is 10.2. The summed E-state index contributed by atoms with van der Waals surface area (Å²) in [7, 11) is 0. The highest BCUT2D eigenvalue weighted by Gasteiger charge is 2.64. The highest BCUT2D eigenvalue weighted by molar-refractivity contribution is 5.83. The number of nitrogens with one attached hydrogen (secondary N) is 2. The van der Waals surface area contributed by atoms with Crippen LogP contribution in [0.2, 0.25) is 0 Å². The predicted octanol–water partition coefficient (Wildman–Crippen LogP) is 1.24. The minimum Gasteiger partial charge on any atom is -0.480 e. The summed E-state index contributed by atoms with van der Waals surface area (Å²) in [5.41, 5.74) is -2.16. The molecule has 0 heterocycles. The Morgan fingerprint density at radius 1 is 1.28 bits per heavy atom. The average molecular weight is 266 g/mol. The van der Waals surface area contributed by atoms with Crippen LogP contribution in [0.15, 0.2) is 0 Å². The van der Waals surface area contributed by atoms with Crippen LogP contribution in [0.3, 0.4) is 0 Å². The Kier molecular flexibility index (Phi) is 2.90. The zero-order chi connectivity index (χ0) is 13.6. The molecule has 0 saturated heterocycles. The van der Waals surface area contributed by atoms with Crippen molar-refractivity contribution in [1.29, 1.82) is 0 Å². The SMILES string of the molecule is O=C(NC(C(=O)O)C1CC1)NC1(C(F)(F)F)CC1. The Morgan fingerprint density at radius 3 is 2.17 bits per heavy atom. The van der Waals surface area contributed by atoms with Gasteiger partial charge in [-0.2, -0.15) is 13.2 Å². The molecule has 0 aromatic carbocycles. The van der Waals surface area contributed by atoms with Gasteiger partial charge >= 0.3 is 18.2 Å². The molecule has 2 rings (SSSR count). The molecular formula is C10H13F3N2O3. The van der Waals surface area contributed by atoms with Crippen molar-refractivity contribution in [3.05, 3.63) is 0 Å². The number of hydrogen-bond acceptors (Lipinski definition) is 2. The first kappa shape index (κ1) is 13.0. The molecule has 2 aliphatic carbocycles. The molecule has 0 aromatic heterocycles. The van der Waals surface area contributed by atoms with Gasteiger partial charge in [-0.25, -0.2) is 9.59 Å². The molecule has 2 aliphatic rings. The van der Waals surface area contributed by atoms with E-state index in [1.54, 1.807) is 0 Å². The molecule has 0 bridgehead atoms. The average Bonchev–Trinajstić information content (AvgIpc) is 3.06. The maximum absolute atomic E-state index is 12.6. The number of hydrogen-bond donors (Lipinski definition) is 3. The van der Waals surface area contributed by atoms with E-state index in [0.717, 1.165) is 0 Å². The van der Waals surface area contributed by atoms with Gasteiger partial charge in [0.15, 0.2) is 0 Å². The van der Waals surface area contributed by atoms with Crippen LogP contribution in [-0.2, 0) is 4.79 Å². The lowest BCUT2D eigenvalue weighted by Crippen LogP contribution is -2.55. The molecular weight excluding hydrogens is 253 g/mol. The number of carbonyl (C=O) groups excluding carboxylic acids is 1. The Labute approximate surface area is 101 Å². The van der Waals surface area contributed by atoms with E-state index in [1.807, 2.05) is 5.32 Å². The Morgan fingerprint density at radius 2 is 1.83 bits per heavy atom. The van der Waals surface area contributed by atoms with E-state index < -0.39 is 29.8 Å². The second-order valence-electron chi connectivity index (χ2n) is 4.83. The van der Waals surface area contributed by atoms with Crippen LogP contribution < -0.4 is 10.6 Å². The smallest absolute Gasteiger partial charge is 0.411 e. The van der Waals surface area contributed by atoms with E-state index in [4.69, 9.17) is 5.11 Å². The normalized spacial score (nSPS) is 23.1. The van der Waals surface area contributed by atoms with Crippen molar-refractivity contribution in [3.63, 3.8) is 0 Å². The van der Waals surface area contributed by atoms with Crippen LogP contribution in [-0.4, -0.2) is 34.9 Å². The second kappa shape index (κ2) is 4.03. The van der Waals surface area contributed by atoms with Crippen molar-refractivity contribution in [1.82, 2.24) is 10.6 Å². The minimum absolute atomic E-state index is 0.162. The van der Waals surface area contributed by atoms with Gasteiger partial charge in [0.25, 0.3) is 0 Å². The molecule has 1 atom stereocenters. The summed E-state index contributed by atoms with van der Waals surface area (Å²) in [6.45, 7) is 0. The van der Waals surface area contributed by atoms with Gasteiger partial charge in [0.1, 0.15) is 11.6 Å². The Bertz CT molecular complexity index is 375. The maximum atomic E-state index is 12.6. The number of urea groups is 1. The van der Waals surface area contributed by atoms with E-state index in [0.29, 0.717) is 12.8 Å². The number of carbonyl (C=O) groups is 2. The summed E-state index contributed by atoms with van der Waals surface area (Å²) in [6, 6.07) is -2.17. The monoisotopic (exact) mass is 266 g/mol. The Balaban J connectivity index is 1.91. The van der Waals surface area contributed by atoms with E-state index in [9.17, 15) is 22.8 Å². The fourth-order valence-corrected chi connectivity index (χ4v) is 1.81. The van der Waals surface area contributed by atoms with Crippen molar-refractivity contribution in [2.45, 2.75) is 43.4 Å². The summed E-state index contributed by atoms with van der Waals surface area (Å²) >= 11 is 0. The van der Waals surface area contributed by atoms with Gasteiger partial charge in [-0.1, -0.05) is 0 Å². The molecule has 2 saturated carbocycles. The molecule has 2 amide bonds. The van der Waals surface area contributed by atoms with E-state index in [1.165, 1.54) is 0 Å². The fourth-order valence-electron chi connectivity index (χ4n) is 1.81. The fraction of sp³-hybridized carbons (Fsp3) is 0.800. The van der Waals surface area contributed by atoms with Crippen LogP contribution in [0.25, 0.3) is 0 Å². The van der Waals surface area contributed by atoms with Gasteiger partial charge in [-0.3, -0.25) is 0 Å². The first-order chi connectivity index (χ1) is 8.25. The van der Waals surface area contributed by atoms with Crippen LogP contribution in [0.1, 0.15) is 25.7 Å². The molecule has 0 radical (unpaired) electrons. The first-order valence-electron chi connectivity index (χ1n) is 5.63. The zero-order valence-corrected chi connectivity index (χ0v) is 9.38. The molecule has 5 nitrogen and oxygen atoms in total. The van der Waals surface area contributed by atoms with Crippen molar-refractivity contribution in [2.24, 2.45) is 5.92 Å². The van der Waals surface area contributed by atoms with Crippen molar-refractivity contribution in [2.75, 3.05) is 0 Å². The summed E-state index contributed by atoms with van der Waals surface area (Å²) in [6.07, 6.45) is -3.48. The van der Waals surface area contributed by atoms with Gasteiger partial charge in [-0.05, 0) is 31.6 Å². The highest BCUT2D eigenvalue weighted by Crippen LogP contribution is 2.48. The standard InChI is InChI=1S/C10H13F3N2O3/c11-10(12,13)9(3-4-9)15-8(18)14-6(7(16)17)5-1-2-5/h5-6H,1-4H2,(H,16,17)(H2,14,15,18). The molecule has 0 aromatic rings. The quantitative estimate of drug-likeness (QED) is 0.716. The third-order valence-corrected chi connectivity index (χ3v) is 3.29. The first-order valence-corrected chi connectivity index (χ1v) is 5.63. The summed E-state index contributed by atoms with van der Waals surface area (Å²) in [4.78, 5) is 22.2. The van der Waals surface area contributed by atoms with Gasteiger partial charge in [0.05, 0.1) is 0 Å². The number of halogens is 3. The molecule has 0 aliphatic heterocycles. The van der Waals surface area contributed by atoms with Crippen molar-refractivity contribution < 1.29 is 27.9 Å². The van der Waals surface area contributed by atoms with Crippen molar-refractivity contribution >= 4 is 12.0 Å². The number of rotatable bonds is 4. The van der Waals surface area contributed by atoms with E-state index in [-0.39, 0.29) is 18.8 Å². The van der Waals surface area contributed by atoms with Gasteiger partial charge < -0.3 is 15.7 Å². The van der Waals surface area contributed by atoms with Gasteiger partial charge in [0, 0.05) is 0 Å². The number of aliphatic carboxylic acids is 1. The number of carboxylic acid groups (broad SMARTS) is 1. The minimum atomic E-state index is -4.50. The number of amides is 2. The second-order valence-corrected chi connectivity index (χ2v) is 4.83. The number of alkyl halides is 3. The largest absolute Gasteiger partial charge is 0.480 e. The third kappa shape index (κ3) is 2.51. The molecule has 3 N–H and O–H groups in total. The highest BCUT2D eigenvalue weighted by atomic mass is 19.4. The molecule has 8 heteroatoms. The van der Waals surface area contributed by atoms with Crippen LogP contribution in [0.5, 0.6) is 0 Å². The zero-order valence-electron chi connectivity index (χ0n) is 9.38. The molecule has 102 valence electrons. The van der Waals surface area contributed by atoms with Crippen LogP contribution in [0, 0.1) is 5.92 Å². The predicted molar refractivity (Wildman–Crippen MR) is 53.8 cm³/mol. The van der Waals surface area contributed by atoms with Crippen LogP contribution >= 0.6 is 0 Å². The topological polar surface area (TPSA) is 78.4 Å². The summed E-state index contributed by atoms with van der Waals surface area (Å²) in [5.74, 6) is -1.39. The molecule has 1 unspecified atom stereocenters. The molecule has 18 heavy (non-hydrogen) atoms. The van der Waals surface area contributed by atoms with E-state index >= 15 is 0 Å². The molecule has 2 fully saturated rings.